The van der Waals surface area contributed by atoms with Crippen molar-refractivity contribution in [3.8, 4) is 0 Å². The maximum Gasteiger partial charge on any atom is 0.0797 e. The Kier molecular flexibility index (Phi) is 2.40. The lowest BCUT2D eigenvalue weighted by atomic mass is 10.2. The number of hydrogen-bond acceptors (Lipinski definition) is 3. The van der Waals surface area contributed by atoms with Gasteiger partial charge in [0.05, 0.1) is 17.3 Å². The summed E-state index contributed by atoms with van der Waals surface area (Å²) in [6, 6.07) is 0. The van der Waals surface area contributed by atoms with E-state index in [0.29, 0.717) is 0 Å². The van der Waals surface area contributed by atoms with Crippen molar-refractivity contribution in [3.63, 3.8) is 0 Å². The van der Waals surface area contributed by atoms with E-state index in [1.54, 1.807) is 18.3 Å². The molecule has 2 nitrogen and oxygen atoms in total. The fraction of sp³-hybridized carbons (Fsp3) is 0.571. The molecule has 0 radical (unpaired) electrons. The van der Waals surface area contributed by atoms with Crippen molar-refractivity contribution in [1.82, 2.24) is 4.98 Å². The summed E-state index contributed by atoms with van der Waals surface area (Å²) in [5, 5.41) is 9.03. The quantitative estimate of drug-likeness (QED) is 0.703. The van der Waals surface area contributed by atoms with Gasteiger partial charge >= 0.3 is 0 Å². The van der Waals surface area contributed by atoms with Crippen LogP contribution in [0.4, 0.5) is 0 Å². The standard InChI is InChI=1S/C7H11NOS/c1-5(9)3-7-6(2)8-4-10-7/h4-5,9H,3H2,1-2H3/t5-/m1/s1. The molecule has 0 aliphatic rings. The van der Waals surface area contributed by atoms with Crippen LogP contribution >= 0.6 is 11.3 Å². The van der Waals surface area contributed by atoms with Gasteiger partial charge in [0.15, 0.2) is 0 Å². The van der Waals surface area contributed by atoms with Gasteiger partial charge in [0.25, 0.3) is 0 Å². The SMILES string of the molecule is Cc1ncsc1C[C@@H](C)O. The third kappa shape index (κ3) is 1.78. The average Bonchev–Trinajstić information content (AvgIpc) is 2.15. The molecule has 0 aliphatic heterocycles. The van der Waals surface area contributed by atoms with Crippen molar-refractivity contribution < 1.29 is 5.11 Å². The molecule has 1 aromatic rings. The highest BCUT2D eigenvalue weighted by molar-refractivity contribution is 7.09. The first-order valence-corrected chi connectivity index (χ1v) is 4.15. The van der Waals surface area contributed by atoms with E-state index in [1.165, 1.54) is 4.88 Å². The number of nitrogens with zero attached hydrogens (tertiary/aromatic N) is 1. The number of aliphatic hydroxyl groups is 1. The molecule has 0 amide bonds. The fourth-order valence-electron chi connectivity index (χ4n) is 0.790. The molecule has 1 rings (SSSR count). The number of thiazole rings is 1. The third-order valence-corrected chi connectivity index (χ3v) is 2.28. The predicted molar refractivity (Wildman–Crippen MR) is 42.2 cm³/mol. The summed E-state index contributed by atoms with van der Waals surface area (Å²) in [7, 11) is 0. The first kappa shape index (κ1) is 7.69. The van der Waals surface area contributed by atoms with Crippen LogP contribution in [-0.4, -0.2) is 16.2 Å². The van der Waals surface area contributed by atoms with Gasteiger partial charge in [0, 0.05) is 11.3 Å². The second-order valence-corrected chi connectivity index (χ2v) is 3.35. The summed E-state index contributed by atoms with van der Waals surface area (Å²) >= 11 is 1.61. The Morgan fingerprint density at radius 3 is 2.90 bits per heavy atom. The van der Waals surface area contributed by atoms with Crippen LogP contribution in [0, 0.1) is 6.92 Å². The monoisotopic (exact) mass is 157 g/mol. The fourth-order valence-corrected chi connectivity index (χ4v) is 1.69. The van der Waals surface area contributed by atoms with E-state index in [-0.39, 0.29) is 6.10 Å². The van der Waals surface area contributed by atoms with E-state index in [4.69, 9.17) is 5.11 Å². The topological polar surface area (TPSA) is 33.1 Å². The van der Waals surface area contributed by atoms with Crippen LogP contribution in [0.25, 0.3) is 0 Å². The number of aliphatic hydroxyl groups excluding tert-OH is 1. The summed E-state index contributed by atoms with van der Waals surface area (Å²) in [5.41, 5.74) is 2.86. The molecule has 0 unspecified atom stereocenters. The molecular formula is C7H11NOS. The summed E-state index contributed by atoms with van der Waals surface area (Å²) in [6.07, 6.45) is 0.482. The molecule has 0 aromatic carbocycles. The van der Waals surface area contributed by atoms with Crippen molar-refractivity contribution in [3.05, 3.63) is 16.1 Å². The molecule has 1 N–H and O–H groups in total. The second kappa shape index (κ2) is 3.12. The smallest absolute Gasteiger partial charge is 0.0797 e. The van der Waals surface area contributed by atoms with Gasteiger partial charge in [0.1, 0.15) is 0 Å². The van der Waals surface area contributed by atoms with Crippen LogP contribution in [-0.2, 0) is 6.42 Å². The van der Waals surface area contributed by atoms with Crippen LogP contribution in [0.1, 0.15) is 17.5 Å². The summed E-state index contributed by atoms with van der Waals surface area (Å²) in [6.45, 7) is 3.76. The summed E-state index contributed by atoms with van der Waals surface area (Å²) in [5.74, 6) is 0. The van der Waals surface area contributed by atoms with Gasteiger partial charge in [-0.15, -0.1) is 11.3 Å². The van der Waals surface area contributed by atoms with Crippen LogP contribution in [0.5, 0.6) is 0 Å². The van der Waals surface area contributed by atoms with Gasteiger partial charge in [-0.25, -0.2) is 4.98 Å². The highest BCUT2D eigenvalue weighted by Gasteiger charge is 2.03. The van der Waals surface area contributed by atoms with Crippen molar-refractivity contribution in [1.29, 1.82) is 0 Å². The molecule has 1 heterocycles. The first-order valence-electron chi connectivity index (χ1n) is 3.27. The van der Waals surface area contributed by atoms with E-state index >= 15 is 0 Å². The molecule has 0 bridgehead atoms. The molecule has 0 saturated heterocycles. The van der Waals surface area contributed by atoms with Crippen LogP contribution in [0.2, 0.25) is 0 Å². The Hall–Kier alpha value is -0.410. The van der Waals surface area contributed by atoms with E-state index < -0.39 is 0 Å². The molecule has 0 saturated carbocycles. The molecule has 1 atom stereocenters. The van der Waals surface area contributed by atoms with E-state index in [1.807, 2.05) is 12.4 Å². The first-order chi connectivity index (χ1) is 4.70. The third-order valence-electron chi connectivity index (χ3n) is 1.33. The van der Waals surface area contributed by atoms with Crippen LogP contribution < -0.4 is 0 Å². The van der Waals surface area contributed by atoms with Crippen molar-refractivity contribution in [2.24, 2.45) is 0 Å². The lowest BCUT2D eigenvalue weighted by molar-refractivity contribution is 0.196. The number of aryl methyl sites for hydroxylation is 1. The van der Waals surface area contributed by atoms with Crippen LogP contribution in [0.3, 0.4) is 0 Å². The lowest BCUT2D eigenvalue weighted by Crippen LogP contribution is -2.03. The minimum Gasteiger partial charge on any atom is -0.393 e. The molecule has 0 fully saturated rings. The second-order valence-electron chi connectivity index (χ2n) is 2.41. The Morgan fingerprint density at radius 1 is 1.80 bits per heavy atom. The Morgan fingerprint density at radius 2 is 2.50 bits per heavy atom. The predicted octanol–water partition coefficient (Wildman–Crippen LogP) is 1.37. The highest BCUT2D eigenvalue weighted by Crippen LogP contribution is 2.13. The number of rotatable bonds is 2. The molecule has 10 heavy (non-hydrogen) atoms. The van der Waals surface area contributed by atoms with Gasteiger partial charge in [-0.05, 0) is 13.8 Å². The van der Waals surface area contributed by atoms with Gasteiger partial charge in [-0.3, -0.25) is 0 Å². The van der Waals surface area contributed by atoms with E-state index in [2.05, 4.69) is 4.98 Å². The molecule has 56 valence electrons. The molecule has 3 heteroatoms. The molecule has 0 spiro atoms. The lowest BCUT2D eigenvalue weighted by Gasteiger charge is -2.00. The minimum atomic E-state index is -0.251. The zero-order valence-corrected chi connectivity index (χ0v) is 6.98. The zero-order valence-electron chi connectivity index (χ0n) is 6.16. The summed E-state index contributed by atoms with van der Waals surface area (Å²) in [4.78, 5) is 5.27. The van der Waals surface area contributed by atoms with E-state index in [9.17, 15) is 0 Å². The van der Waals surface area contributed by atoms with Crippen molar-refractivity contribution >= 4 is 11.3 Å². The highest BCUT2D eigenvalue weighted by atomic mass is 32.1. The summed E-state index contributed by atoms with van der Waals surface area (Å²) < 4.78 is 0. The largest absolute Gasteiger partial charge is 0.393 e. The van der Waals surface area contributed by atoms with Gasteiger partial charge in [-0.1, -0.05) is 0 Å². The molecule has 1 aromatic heterocycles. The Balaban J connectivity index is 2.65. The zero-order chi connectivity index (χ0) is 7.56. The van der Waals surface area contributed by atoms with Crippen molar-refractivity contribution in [2.75, 3.05) is 0 Å². The maximum absolute atomic E-state index is 9.03. The number of aromatic nitrogens is 1. The Labute approximate surface area is 64.5 Å². The van der Waals surface area contributed by atoms with Gasteiger partial charge in [0.2, 0.25) is 0 Å². The van der Waals surface area contributed by atoms with E-state index in [0.717, 1.165) is 12.1 Å². The molecular weight excluding hydrogens is 146 g/mol. The van der Waals surface area contributed by atoms with Gasteiger partial charge in [-0.2, -0.15) is 0 Å². The minimum absolute atomic E-state index is 0.251. The number of hydrogen-bond donors (Lipinski definition) is 1. The normalized spacial score (nSPS) is 13.5. The van der Waals surface area contributed by atoms with Crippen molar-refractivity contribution in [2.45, 2.75) is 26.4 Å². The Bertz CT molecular complexity index is 207. The van der Waals surface area contributed by atoms with Crippen LogP contribution in [0.15, 0.2) is 5.51 Å². The maximum atomic E-state index is 9.03. The average molecular weight is 157 g/mol. The molecule has 0 aliphatic carbocycles. The van der Waals surface area contributed by atoms with Gasteiger partial charge < -0.3 is 5.11 Å².